The van der Waals surface area contributed by atoms with Gasteiger partial charge in [-0.25, -0.2) is 4.98 Å². The molecule has 0 aliphatic carbocycles. The van der Waals surface area contributed by atoms with Crippen molar-refractivity contribution in [2.45, 2.75) is 25.2 Å². The Morgan fingerprint density at radius 1 is 1.00 bits per heavy atom. The molecule has 2 atom stereocenters. The van der Waals surface area contributed by atoms with Crippen LogP contribution in [0, 0.1) is 0 Å². The third kappa shape index (κ3) is 2.87. The van der Waals surface area contributed by atoms with E-state index in [0.29, 0.717) is 13.2 Å². The summed E-state index contributed by atoms with van der Waals surface area (Å²) in [6.45, 7) is 3.78. The number of nitrogens with one attached hydrogen (secondary N) is 1. The molecule has 3 aliphatic rings. The fraction of sp³-hybridized carbons (Fsp3) is 0.333. The van der Waals surface area contributed by atoms with Gasteiger partial charge in [-0.1, -0.05) is 42.5 Å². The Hall–Kier alpha value is -2.96. The Morgan fingerprint density at radius 3 is 2.63 bits per heavy atom. The van der Waals surface area contributed by atoms with Crippen molar-refractivity contribution in [2.75, 3.05) is 31.2 Å². The Kier molecular flexibility index (Phi) is 4.21. The maximum Gasteiger partial charge on any atom is 0.239 e. The van der Waals surface area contributed by atoms with E-state index in [1.54, 1.807) is 0 Å². The van der Waals surface area contributed by atoms with Crippen LogP contribution in [0.2, 0.25) is 0 Å². The van der Waals surface area contributed by atoms with Gasteiger partial charge in [0.1, 0.15) is 12.0 Å². The first-order chi connectivity index (χ1) is 14.8. The van der Waals surface area contributed by atoms with Gasteiger partial charge in [-0.05, 0) is 29.7 Å². The molecule has 0 spiro atoms. The van der Waals surface area contributed by atoms with E-state index in [-0.39, 0.29) is 18.1 Å². The van der Waals surface area contributed by atoms with Crippen LogP contribution in [0.25, 0.3) is 10.9 Å². The Bertz CT molecular complexity index is 1130. The summed E-state index contributed by atoms with van der Waals surface area (Å²) in [6, 6.07) is 18.7. The number of morpholine rings is 1. The molecule has 0 bridgehead atoms. The molecule has 3 aromatic rings. The van der Waals surface area contributed by atoms with E-state index >= 15 is 0 Å². The van der Waals surface area contributed by atoms with E-state index in [4.69, 9.17) is 9.72 Å². The molecule has 0 radical (unpaired) electrons. The Balaban J connectivity index is 1.46. The monoisotopic (exact) mass is 400 g/mol. The molecule has 1 amide bonds. The number of nitrogens with zero attached hydrogens (tertiary/aromatic N) is 3. The van der Waals surface area contributed by atoms with Gasteiger partial charge in [-0.2, -0.15) is 0 Å². The number of para-hydroxylation sites is 1. The van der Waals surface area contributed by atoms with E-state index in [0.717, 1.165) is 48.3 Å². The summed E-state index contributed by atoms with van der Waals surface area (Å²) in [5, 5.41) is 4.38. The van der Waals surface area contributed by atoms with E-state index in [9.17, 15) is 4.79 Å². The van der Waals surface area contributed by atoms with Crippen LogP contribution in [0.5, 0.6) is 0 Å². The summed E-state index contributed by atoms with van der Waals surface area (Å²) in [5.41, 5.74) is 4.63. The lowest BCUT2D eigenvalue weighted by molar-refractivity contribution is -0.121. The Labute approximate surface area is 175 Å². The fourth-order valence-electron chi connectivity index (χ4n) is 4.98. The zero-order valence-corrected chi connectivity index (χ0v) is 16.8. The highest BCUT2D eigenvalue weighted by atomic mass is 16.5. The van der Waals surface area contributed by atoms with Gasteiger partial charge in [-0.15, -0.1) is 0 Å². The van der Waals surface area contributed by atoms with Gasteiger partial charge in [0, 0.05) is 30.6 Å². The van der Waals surface area contributed by atoms with E-state index in [1.165, 1.54) is 11.1 Å². The number of fused-ring (bicyclic) bond motifs is 3. The molecule has 1 unspecified atom stereocenters. The highest BCUT2D eigenvalue weighted by molar-refractivity contribution is 5.87. The first kappa shape index (κ1) is 17.9. The predicted octanol–water partition coefficient (Wildman–Crippen LogP) is 2.63. The Morgan fingerprint density at radius 2 is 1.77 bits per heavy atom. The summed E-state index contributed by atoms with van der Waals surface area (Å²) in [4.78, 5) is 22.6. The maximum atomic E-state index is 12.9. The number of ether oxygens (including phenoxy) is 1. The minimum Gasteiger partial charge on any atom is -0.378 e. The lowest BCUT2D eigenvalue weighted by Gasteiger charge is -2.36. The number of carbonyl (C=O) groups excluding carboxylic acids is 1. The van der Waals surface area contributed by atoms with Crippen LogP contribution in [-0.2, 0) is 22.5 Å². The lowest BCUT2D eigenvalue weighted by Crippen LogP contribution is -2.41. The van der Waals surface area contributed by atoms with Crippen LogP contribution in [0.4, 0.5) is 5.82 Å². The molecular weight excluding hydrogens is 376 g/mol. The second-order valence-corrected chi connectivity index (χ2v) is 8.27. The van der Waals surface area contributed by atoms with Gasteiger partial charge >= 0.3 is 0 Å². The number of aromatic nitrogens is 1. The largest absolute Gasteiger partial charge is 0.378 e. The second-order valence-electron chi connectivity index (χ2n) is 8.27. The second kappa shape index (κ2) is 7.07. The molecule has 4 heterocycles. The standard InChI is InChI=1S/C24H24N4O2/c29-24-21-14-16-5-1-2-7-18(16)15-28(21)23(26-24)19-13-17-6-3-4-8-20(17)25-22(19)27-9-11-30-12-10-27/h1-8,13,21,23H,9-12,14-15H2,(H,26,29)/t21-,23?/m0/s1. The van der Waals surface area contributed by atoms with Gasteiger partial charge in [0.15, 0.2) is 0 Å². The van der Waals surface area contributed by atoms with Crippen molar-refractivity contribution in [3.63, 3.8) is 0 Å². The average molecular weight is 400 g/mol. The van der Waals surface area contributed by atoms with Gasteiger partial charge in [0.05, 0.1) is 24.8 Å². The van der Waals surface area contributed by atoms with Crippen LogP contribution in [0.1, 0.15) is 22.9 Å². The molecule has 6 nitrogen and oxygen atoms in total. The fourth-order valence-corrected chi connectivity index (χ4v) is 4.98. The van der Waals surface area contributed by atoms with Crippen LogP contribution in [0.15, 0.2) is 54.6 Å². The molecule has 2 fully saturated rings. The van der Waals surface area contributed by atoms with Gasteiger partial charge < -0.3 is 15.0 Å². The molecule has 1 N–H and O–H groups in total. The number of benzene rings is 2. The van der Waals surface area contributed by atoms with Crippen molar-refractivity contribution in [3.8, 4) is 0 Å². The van der Waals surface area contributed by atoms with Crippen molar-refractivity contribution in [1.29, 1.82) is 0 Å². The summed E-state index contributed by atoms with van der Waals surface area (Å²) < 4.78 is 5.57. The summed E-state index contributed by atoms with van der Waals surface area (Å²) in [6.07, 6.45) is 0.581. The molecule has 0 saturated carbocycles. The van der Waals surface area contributed by atoms with Gasteiger partial charge in [0.25, 0.3) is 0 Å². The van der Waals surface area contributed by atoms with Crippen LogP contribution in [-0.4, -0.2) is 48.1 Å². The summed E-state index contributed by atoms with van der Waals surface area (Å²) >= 11 is 0. The predicted molar refractivity (Wildman–Crippen MR) is 115 cm³/mol. The molecule has 30 heavy (non-hydrogen) atoms. The lowest BCUT2D eigenvalue weighted by atomic mass is 9.94. The number of anilines is 1. The molecule has 6 rings (SSSR count). The SMILES string of the molecule is O=C1NC(c2cc3ccccc3nc2N2CCOCC2)N2Cc3ccccc3C[C@@H]12. The molecule has 152 valence electrons. The van der Waals surface area contributed by atoms with Gasteiger partial charge in [0.2, 0.25) is 5.91 Å². The number of amides is 1. The number of hydrogen-bond acceptors (Lipinski definition) is 5. The van der Waals surface area contributed by atoms with Crippen molar-refractivity contribution < 1.29 is 9.53 Å². The van der Waals surface area contributed by atoms with Gasteiger partial charge in [-0.3, -0.25) is 9.69 Å². The summed E-state index contributed by atoms with van der Waals surface area (Å²) in [7, 11) is 0. The number of pyridine rings is 1. The highest BCUT2D eigenvalue weighted by Gasteiger charge is 2.44. The zero-order valence-electron chi connectivity index (χ0n) is 16.8. The highest BCUT2D eigenvalue weighted by Crippen LogP contribution is 2.38. The topological polar surface area (TPSA) is 57.7 Å². The van der Waals surface area contributed by atoms with Crippen LogP contribution >= 0.6 is 0 Å². The van der Waals surface area contributed by atoms with Crippen molar-refractivity contribution >= 4 is 22.6 Å². The zero-order chi connectivity index (χ0) is 20.1. The normalized spacial score (nSPS) is 23.9. The maximum absolute atomic E-state index is 12.9. The average Bonchev–Trinajstić information content (AvgIpc) is 3.12. The first-order valence-electron chi connectivity index (χ1n) is 10.6. The number of rotatable bonds is 2. The van der Waals surface area contributed by atoms with Crippen molar-refractivity contribution in [2.24, 2.45) is 0 Å². The third-order valence-electron chi connectivity index (χ3n) is 6.54. The molecule has 2 aromatic carbocycles. The van der Waals surface area contributed by atoms with Crippen LogP contribution < -0.4 is 10.2 Å². The van der Waals surface area contributed by atoms with E-state index < -0.39 is 0 Å². The number of hydrogen-bond donors (Lipinski definition) is 1. The van der Waals surface area contributed by atoms with Crippen molar-refractivity contribution in [1.82, 2.24) is 15.2 Å². The minimum atomic E-state index is -0.175. The quantitative estimate of drug-likeness (QED) is 0.717. The first-order valence-corrected chi connectivity index (χ1v) is 10.6. The molecule has 6 heteroatoms. The smallest absolute Gasteiger partial charge is 0.239 e. The minimum absolute atomic E-state index is 0.107. The molecule has 1 aromatic heterocycles. The molecule has 2 saturated heterocycles. The third-order valence-corrected chi connectivity index (χ3v) is 6.54. The van der Waals surface area contributed by atoms with Crippen molar-refractivity contribution in [3.05, 3.63) is 71.3 Å². The molecular formula is C24H24N4O2. The molecule has 3 aliphatic heterocycles. The summed E-state index contributed by atoms with van der Waals surface area (Å²) in [5.74, 6) is 1.07. The van der Waals surface area contributed by atoms with E-state index in [2.05, 4.69) is 57.6 Å². The van der Waals surface area contributed by atoms with Crippen LogP contribution in [0.3, 0.4) is 0 Å². The number of carbonyl (C=O) groups is 1. The van der Waals surface area contributed by atoms with E-state index in [1.807, 2.05) is 12.1 Å².